The number of hydrogen-bond donors (Lipinski definition) is 2. The van der Waals surface area contributed by atoms with Crippen molar-refractivity contribution in [1.29, 1.82) is 0 Å². The van der Waals surface area contributed by atoms with E-state index in [9.17, 15) is 9.59 Å². The number of aliphatic carboxylic acids is 1. The number of carbonyl (C=O) groups is 2. The molecule has 1 atom stereocenters. The van der Waals surface area contributed by atoms with Crippen molar-refractivity contribution in [1.82, 2.24) is 10.3 Å². The van der Waals surface area contributed by atoms with Crippen LogP contribution in [0.5, 0.6) is 0 Å². The minimum absolute atomic E-state index is 0.255. The summed E-state index contributed by atoms with van der Waals surface area (Å²) in [5.41, 5.74) is -0.00847. The molecule has 0 aliphatic heterocycles. The molecule has 1 amide bonds. The van der Waals surface area contributed by atoms with Gasteiger partial charge in [-0.1, -0.05) is 24.3 Å². The Balaban J connectivity index is 2.34. The highest BCUT2D eigenvalue weighted by atomic mass is 16.6. The maximum Gasteiger partial charge on any atom is 0.408 e. The maximum absolute atomic E-state index is 12.0. The third-order valence-electron chi connectivity index (χ3n) is 3.14. The monoisotopic (exact) mass is 316 g/mol. The lowest BCUT2D eigenvalue weighted by molar-refractivity contribution is -0.137. The van der Waals surface area contributed by atoms with E-state index in [1.807, 2.05) is 24.3 Å². The van der Waals surface area contributed by atoms with Crippen LogP contribution in [-0.4, -0.2) is 27.8 Å². The van der Waals surface area contributed by atoms with Crippen LogP contribution < -0.4 is 5.32 Å². The second-order valence-electron chi connectivity index (χ2n) is 6.25. The summed E-state index contributed by atoms with van der Waals surface area (Å²) >= 11 is 0. The maximum atomic E-state index is 12.0. The number of ether oxygens (including phenoxy) is 1. The molecule has 1 aromatic heterocycles. The van der Waals surface area contributed by atoms with Crippen molar-refractivity contribution >= 4 is 22.8 Å². The number of pyridine rings is 1. The number of nitrogens with zero attached hydrogens (tertiary/aromatic N) is 1. The van der Waals surface area contributed by atoms with Gasteiger partial charge >= 0.3 is 12.1 Å². The summed E-state index contributed by atoms with van der Waals surface area (Å²) in [6.45, 7) is 5.24. The summed E-state index contributed by atoms with van der Waals surface area (Å²) in [5, 5.41) is 13.5. The van der Waals surface area contributed by atoms with Crippen LogP contribution in [0.2, 0.25) is 0 Å². The average molecular weight is 316 g/mol. The minimum Gasteiger partial charge on any atom is -0.481 e. The summed E-state index contributed by atoms with van der Waals surface area (Å²) in [4.78, 5) is 27.3. The van der Waals surface area contributed by atoms with Crippen molar-refractivity contribution in [3.05, 3.63) is 42.2 Å². The van der Waals surface area contributed by atoms with Crippen molar-refractivity contribution in [2.75, 3.05) is 0 Å². The number of carboxylic acid groups (broad SMARTS) is 1. The van der Waals surface area contributed by atoms with Crippen molar-refractivity contribution in [3.63, 3.8) is 0 Å². The number of amides is 1. The Morgan fingerprint density at radius 3 is 2.61 bits per heavy atom. The smallest absolute Gasteiger partial charge is 0.408 e. The van der Waals surface area contributed by atoms with Gasteiger partial charge in [-0.15, -0.1) is 0 Å². The SMILES string of the molecule is CC(C)(C)OC(=O)NC(CC(=O)O)c1cncc2ccccc12. The molecule has 0 aliphatic rings. The van der Waals surface area contributed by atoms with Crippen LogP contribution in [0.25, 0.3) is 10.8 Å². The van der Waals surface area contributed by atoms with Crippen LogP contribution in [0.3, 0.4) is 0 Å². The fourth-order valence-electron chi connectivity index (χ4n) is 2.28. The van der Waals surface area contributed by atoms with E-state index in [1.165, 1.54) is 0 Å². The van der Waals surface area contributed by atoms with E-state index in [1.54, 1.807) is 33.2 Å². The summed E-state index contributed by atoms with van der Waals surface area (Å²) in [6.07, 6.45) is 2.36. The van der Waals surface area contributed by atoms with Gasteiger partial charge in [-0.25, -0.2) is 4.79 Å². The van der Waals surface area contributed by atoms with Crippen molar-refractivity contribution in [3.8, 4) is 0 Å². The third kappa shape index (κ3) is 4.67. The Labute approximate surface area is 134 Å². The van der Waals surface area contributed by atoms with Crippen LogP contribution >= 0.6 is 0 Å². The van der Waals surface area contributed by atoms with Gasteiger partial charge in [0.05, 0.1) is 12.5 Å². The molecule has 6 heteroatoms. The number of aromatic nitrogens is 1. The molecule has 1 aromatic carbocycles. The fraction of sp³-hybridized carbons (Fsp3) is 0.353. The van der Waals surface area contributed by atoms with Crippen LogP contribution in [-0.2, 0) is 9.53 Å². The molecule has 1 heterocycles. The highest BCUT2D eigenvalue weighted by molar-refractivity contribution is 5.86. The van der Waals surface area contributed by atoms with Gasteiger partial charge in [-0.05, 0) is 26.2 Å². The Hall–Kier alpha value is -2.63. The van der Waals surface area contributed by atoms with Gasteiger partial charge in [-0.3, -0.25) is 9.78 Å². The first kappa shape index (κ1) is 16.7. The lowest BCUT2D eigenvalue weighted by Gasteiger charge is -2.23. The highest BCUT2D eigenvalue weighted by Crippen LogP contribution is 2.25. The standard InChI is InChI=1S/C17H20N2O4/c1-17(2,3)23-16(22)19-14(8-15(20)21)13-10-18-9-11-6-4-5-7-12(11)13/h4-7,9-10,14H,8H2,1-3H3,(H,19,22)(H,20,21). The van der Waals surface area contributed by atoms with E-state index in [-0.39, 0.29) is 6.42 Å². The number of alkyl carbamates (subject to hydrolysis) is 1. The lowest BCUT2D eigenvalue weighted by atomic mass is 9.99. The van der Waals surface area contributed by atoms with Crippen molar-refractivity contribution in [2.45, 2.75) is 38.8 Å². The summed E-state index contributed by atoms with van der Waals surface area (Å²) in [5.74, 6) is -1.01. The minimum atomic E-state index is -1.01. The van der Waals surface area contributed by atoms with E-state index in [2.05, 4.69) is 10.3 Å². The van der Waals surface area contributed by atoms with Gasteiger partial charge in [-0.2, -0.15) is 0 Å². The molecule has 6 nitrogen and oxygen atoms in total. The number of hydrogen-bond acceptors (Lipinski definition) is 4. The summed E-state index contributed by atoms with van der Waals surface area (Å²) in [6, 6.07) is 6.77. The molecule has 122 valence electrons. The first-order valence-corrected chi connectivity index (χ1v) is 7.30. The zero-order chi connectivity index (χ0) is 17.0. The largest absolute Gasteiger partial charge is 0.481 e. The van der Waals surface area contributed by atoms with E-state index < -0.39 is 23.7 Å². The molecule has 23 heavy (non-hydrogen) atoms. The van der Waals surface area contributed by atoms with Gasteiger partial charge in [0.2, 0.25) is 0 Å². The molecule has 0 fully saturated rings. The fourth-order valence-corrected chi connectivity index (χ4v) is 2.28. The predicted molar refractivity (Wildman–Crippen MR) is 86.1 cm³/mol. The first-order valence-electron chi connectivity index (χ1n) is 7.30. The van der Waals surface area contributed by atoms with Crippen molar-refractivity contribution < 1.29 is 19.4 Å². The molecular weight excluding hydrogens is 296 g/mol. The molecule has 0 saturated heterocycles. The molecule has 0 saturated carbocycles. The molecule has 2 N–H and O–H groups in total. The highest BCUT2D eigenvalue weighted by Gasteiger charge is 2.23. The Kier molecular flexibility index (Phi) is 4.83. The van der Waals surface area contributed by atoms with E-state index in [0.29, 0.717) is 5.56 Å². The van der Waals surface area contributed by atoms with Crippen LogP contribution in [0.4, 0.5) is 4.79 Å². The number of carbonyl (C=O) groups excluding carboxylic acids is 1. The zero-order valence-corrected chi connectivity index (χ0v) is 13.4. The second-order valence-corrected chi connectivity index (χ2v) is 6.25. The van der Waals surface area contributed by atoms with Gasteiger partial charge < -0.3 is 15.2 Å². The van der Waals surface area contributed by atoms with Crippen molar-refractivity contribution in [2.24, 2.45) is 0 Å². The predicted octanol–water partition coefficient (Wildman–Crippen LogP) is 3.28. The molecule has 1 unspecified atom stereocenters. The van der Waals surface area contributed by atoms with Gasteiger partial charge in [0, 0.05) is 23.3 Å². The molecule has 0 bridgehead atoms. The molecule has 0 radical (unpaired) electrons. The Morgan fingerprint density at radius 1 is 1.26 bits per heavy atom. The zero-order valence-electron chi connectivity index (χ0n) is 13.4. The molecule has 0 aliphatic carbocycles. The molecule has 0 spiro atoms. The van der Waals surface area contributed by atoms with Gasteiger partial charge in [0.25, 0.3) is 0 Å². The third-order valence-corrected chi connectivity index (χ3v) is 3.14. The molecule has 2 rings (SSSR count). The molecular formula is C17H20N2O4. The topological polar surface area (TPSA) is 88.5 Å². The number of carboxylic acids is 1. The second kappa shape index (κ2) is 6.64. The molecule has 2 aromatic rings. The Bertz CT molecular complexity index is 717. The Morgan fingerprint density at radius 2 is 1.96 bits per heavy atom. The normalized spacial score (nSPS) is 12.7. The number of fused-ring (bicyclic) bond motifs is 1. The van der Waals surface area contributed by atoms with Gasteiger partial charge in [0.1, 0.15) is 5.60 Å². The van der Waals surface area contributed by atoms with Crippen LogP contribution in [0.15, 0.2) is 36.7 Å². The van der Waals surface area contributed by atoms with E-state index in [0.717, 1.165) is 10.8 Å². The van der Waals surface area contributed by atoms with E-state index in [4.69, 9.17) is 9.84 Å². The number of nitrogens with one attached hydrogen (secondary N) is 1. The quantitative estimate of drug-likeness (QED) is 0.903. The number of benzene rings is 1. The number of rotatable bonds is 4. The first-order chi connectivity index (χ1) is 10.8. The van der Waals surface area contributed by atoms with E-state index >= 15 is 0 Å². The average Bonchev–Trinajstić information content (AvgIpc) is 2.43. The summed E-state index contributed by atoms with van der Waals surface area (Å²) < 4.78 is 5.22. The van der Waals surface area contributed by atoms with Gasteiger partial charge in [0.15, 0.2) is 0 Å². The lowest BCUT2D eigenvalue weighted by Crippen LogP contribution is -2.36. The van der Waals surface area contributed by atoms with Crippen LogP contribution in [0.1, 0.15) is 38.8 Å². The summed E-state index contributed by atoms with van der Waals surface area (Å²) in [7, 11) is 0. The van der Waals surface area contributed by atoms with Crippen LogP contribution in [0, 0.1) is 0 Å².